The molecule has 0 radical (unpaired) electrons. The van der Waals surface area contributed by atoms with Gasteiger partial charge in [0.25, 0.3) is 0 Å². The van der Waals surface area contributed by atoms with Gasteiger partial charge in [-0.25, -0.2) is 4.79 Å². The van der Waals surface area contributed by atoms with Crippen molar-refractivity contribution in [3.05, 3.63) is 36.4 Å². The maximum Gasteiger partial charge on any atom is 0.340 e. The Labute approximate surface area is 105 Å². The van der Waals surface area contributed by atoms with E-state index in [4.69, 9.17) is 9.47 Å². The van der Waals surface area contributed by atoms with E-state index in [1.807, 2.05) is 0 Å². The molecule has 1 N–H and O–H groups in total. The zero-order valence-corrected chi connectivity index (χ0v) is 10.4. The molecule has 0 atom stereocenters. The van der Waals surface area contributed by atoms with Crippen molar-refractivity contribution in [3.63, 3.8) is 0 Å². The number of hydrogen-bond donors (Lipinski definition) is 1. The molecule has 5 heteroatoms. The minimum Gasteiger partial charge on any atom is -0.497 e. The van der Waals surface area contributed by atoms with Gasteiger partial charge in [-0.15, -0.1) is 0 Å². The zero-order valence-electron chi connectivity index (χ0n) is 10.4. The lowest BCUT2D eigenvalue weighted by Gasteiger charge is -2.10. The number of nitrogens with one attached hydrogen (secondary N) is 1. The number of benzene rings is 1. The highest BCUT2D eigenvalue weighted by atomic mass is 16.5. The molecular formula is C13H15NO4. The van der Waals surface area contributed by atoms with Crippen molar-refractivity contribution in [2.24, 2.45) is 0 Å². The fraction of sp³-hybridized carbons (Fsp3) is 0.231. The topological polar surface area (TPSA) is 64.6 Å². The van der Waals surface area contributed by atoms with Gasteiger partial charge in [0.1, 0.15) is 5.75 Å². The third kappa shape index (κ3) is 3.35. The van der Waals surface area contributed by atoms with E-state index >= 15 is 0 Å². The van der Waals surface area contributed by atoms with Gasteiger partial charge in [0, 0.05) is 6.07 Å². The van der Waals surface area contributed by atoms with Crippen LogP contribution in [-0.2, 0) is 9.53 Å². The summed E-state index contributed by atoms with van der Waals surface area (Å²) >= 11 is 0. The normalized spacial score (nSPS) is 9.44. The van der Waals surface area contributed by atoms with Crippen LogP contribution >= 0.6 is 0 Å². The van der Waals surface area contributed by atoms with Crippen LogP contribution in [0.4, 0.5) is 5.69 Å². The fourth-order valence-electron chi connectivity index (χ4n) is 1.32. The Hall–Kier alpha value is -2.30. The Morgan fingerprint density at radius 1 is 1.44 bits per heavy atom. The van der Waals surface area contributed by atoms with Crippen LogP contribution in [0.3, 0.4) is 0 Å². The summed E-state index contributed by atoms with van der Waals surface area (Å²) in [7, 11) is 1.50. The molecule has 1 aromatic rings. The van der Waals surface area contributed by atoms with E-state index in [1.54, 1.807) is 19.1 Å². The van der Waals surface area contributed by atoms with Gasteiger partial charge in [-0.05, 0) is 25.1 Å². The van der Waals surface area contributed by atoms with E-state index in [1.165, 1.54) is 13.2 Å². The lowest BCUT2D eigenvalue weighted by molar-refractivity contribution is -0.111. The van der Waals surface area contributed by atoms with E-state index < -0.39 is 11.9 Å². The van der Waals surface area contributed by atoms with E-state index in [0.717, 1.165) is 6.08 Å². The molecule has 0 aliphatic carbocycles. The van der Waals surface area contributed by atoms with Gasteiger partial charge in [0.15, 0.2) is 0 Å². The first-order chi connectivity index (χ1) is 8.62. The minimum absolute atomic E-state index is 0.264. The Morgan fingerprint density at radius 2 is 2.17 bits per heavy atom. The highest BCUT2D eigenvalue weighted by molar-refractivity contribution is 6.05. The lowest BCUT2D eigenvalue weighted by atomic mass is 10.1. The maximum absolute atomic E-state index is 11.7. The van der Waals surface area contributed by atoms with Gasteiger partial charge < -0.3 is 14.8 Å². The summed E-state index contributed by atoms with van der Waals surface area (Å²) in [5.74, 6) is -0.379. The zero-order chi connectivity index (χ0) is 13.5. The minimum atomic E-state index is -0.500. The second kappa shape index (κ2) is 6.44. The lowest BCUT2D eigenvalue weighted by Crippen LogP contribution is -2.13. The first-order valence-corrected chi connectivity index (χ1v) is 5.41. The molecule has 0 fully saturated rings. The number of methoxy groups -OCH3 is 1. The smallest absolute Gasteiger partial charge is 0.340 e. The summed E-state index contributed by atoms with van der Waals surface area (Å²) in [4.78, 5) is 23.0. The second-order valence-electron chi connectivity index (χ2n) is 3.33. The largest absolute Gasteiger partial charge is 0.497 e. The molecule has 0 aliphatic heterocycles. The number of ether oxygens (including phenoxy) is 2. The summed E-state index contributed by atoms with van der Waals surface area (Å²) in [6.07, 6.45) is 1.12. The molecule has 0 aliphatic rings. The van der Waals surface area contributed by atoms with Crippen molar-refractivity contribution in [2.45, 2.75) is 6.92 Å². The Balaban J connectivity index is 3.11. The Kier molecular flexibility index (Phi) is 4.92. The van der Waals surface area contributed by atoms with Crippen LogP contribution in [0.25, 0.3) is 0 Å². The van der Waals surface area contributed by atoms with Gasteiger partial charge in [-0.2, -0.15) is 0 Å². The average Bonchev–Trinajstić information content (AvgIpc) is 2.38. The van der Waals surface area contributed by atoms with Crippen LogP contribution in [0.5, 0.6) is 5.75 Å². The van der Waals surface area contributed by atoms with E-state index in [2.05, 4.69) is 11.9 Å². The number of esters is 1. The van der Waals surface area contributed by atoms with Crippen molar-refractivity contribution < 1.29 is 19.1 Å². The van der Waals surface area contributed by atoms with Crippen molar-refractivity contribution in [3.8, 4) is 5.75 Å². The molecule has 0 saturated carbocycles. The molecule has 5 nitrogen and oxygen atoms in total. The van der Waals surface area contributed by atoms with Crippen LogP contribution < -0.4 is 10.1 Å². The van der Waals surface area contributed by atoms with Gasteiger partial charge in [0.2, 0.25) is 5.91 Å². The summed E-state index contributed by atoms with van der Waals surface area (Å²) in [6.45, 7) is 5.33. The van der Waals surface area contributed by atoms with Crippen molar-refractivity contribution in [1.29, 1.82) is 0 Å². The summed E-state index contributed by atoms with van der Waals surface area (Å²) in [5.41, 5.74) is 0.602. The van der Waals surface area contributed by atoms with Crippen LogP contribution in [0, 0.1) is 0 Å². The molecule has 0 unspecified atom stereocenters. The molecule has 0 saturated heterocycles. The molecule has 18 heavy (non-hydrogen) atoms. The van der Waals surface area contributed by atoms with Gasteiger partial charge in [0.05, 0.1) is 25.0 Å². The van der Waals surface area contributed by atoms with E-state index in [0.29, 0.717) is 11.4 Å². The van der Waals surface area contributed by atoms with Crippen molar-refractivity contribution in [1.82, 2.24) is 0 Å². The molecule has 1 amide bonds. The predicted octanol–water partition coefficient (Wildman–Crippen LogP) is 2.00. The first kappa shape index (κ1) is 13.8. The molecule has 0 spiro atoms. The first-order valence-electron chi connectivity index (χ1n) is 5.41. The van der Waals surface area contributed by atoms with Crippen molar-refractivity contribution >= 4 is 17.6 Å². The average molecular weight is 249 g/mol. The number of carbonyl (C=O) groups is 2. The summed E-state index contributed by atoms with van der Waals surface area (Å²) < 4.78 is 9.94. The Bertz CT molecular complexity index is 468. The highest BCUT2D eigenvalue weighted by Gasteiger charge is 2.14. The van der Waals surface area contributed by atoms with Crippen LogP contribution in [0.15, 0.2) is 30.9 Å². The molecule has 1 rings (SSSR count). The molecule has 1 aromatic carbocycles. The SMILES string of the molecule is C=CC(=O)Nc1cc(OC)ccc1C(=O)OCC. The molecule has 0 aromatic heterocycles. The fourth-order valence-corrected chi connectivity index (χ4v) is 1.32. The monoisotopic (exact) mass is 249 g/mol. The molecule has 0 heterocycles. The number of hydrogen-bond acceptors (Lipinski definition) is 4. The highest BCUT2D eigenvalue weighted by Crippen LogP contribution is 2.23. The molecule has 96 valence electrons. The van der Waals surface area contributed by atoms with Crippen LogP contribution in [0.2, 0.25) is 0 Å². The maximum atomic E-state index is 11.7. The van der Waals surface area contributed by atoms with E-state index in [9.17, 15) is 9.59 Å². The van der Waals surface area contributed by atoms with Gasteiger partial charge >= 0.3 is 5.97 Å². The number of carbonyl (C=O) groups excluding carboxylic acids is 2. The van der Waals surface area contributed by atoms with Gasteiger partial charge in [-0.1, -0.05) is 6.58 Å². The van der Waals surface area contributed by atoms with Gasteiger partial charge in [-0.3, -0.25) is 4.79 Å². The standard InChI is InChI=1S/C13H15NO4/c1-4-12(15)14-11-8-9(17-3)6-7-10(11)13(16)18-5-2/h4,6-8H,1,5H2,2-3H3,(H,14,15). The van der Waals surface area contributed by atoms with E-state index in [-0.39, 0.29) is 12.2 Å². The summed E-state index contributed by atoms with van der Waals surface area (Å²) in [5, 5.41) is 2.54. The predicted molar refractivity (Wildman–Crippen MR) is 67.8 cm³/mol. The van der Waals surface area contributed by atoms with Crippen LogP contribution in [0.1, 0.15) is 17.3 Å². The molecular weight excluding hydrogens is 234 g/mol. The van der Waals surface area contributed by atoms with Crippen molar-refractivity contribution in [2.75, 3.05) is 19.0 Å². The Morgan fingerprint density at radius 3 is 2.72 bits per heavy atom. The quantitative estimate of drug-likeness (QED) is 0.640. The molecule has 0 bridgehead atoms. The third-order valence-corrected chi connectivity index (χ3v) is 2.17. The number of amides is 1. The third-order valence-electron chi connectivity index (χ3n) is 2.17. The summed E-state index contributed by atoms with van der Waals surface area (Å²) in [6, 6.07) is 4.71. The number of rotatable bonds is 5. The second-order valence-corrected chi connectivity index (χ2v) is 3.33. The number of anilines is 1. The van der Waals surface area contributed by atoms with Crippen LogP contribution in [-0.4, -0.2) is 25.6 Å².